The van der Waals surface area contributed by atoms with Crippen LogP contribution < -0.4 is 0 Å². The summed E-state index contributed by atoms with van der Waals surface area (Å²) in [7, 11) is 0. The molecule has 0 N–H and O–H groups in total. The van der Waals surface area contributed by atoms with Crippen molar-refractivity contribution in [2.45, 2.75) is 6.43 Å². The van der Waals surface area contributed by atoms with Gasteiger partial charge in [0, 0.05) is 41.2 Å². The van der Waals surface area contributed by atoms with Crippen molar-refractivity contribution in [1.82, 2.24) is 9.97 Å². The minimum Gasteiger partial charge on any atom is -0.264 e. The Bertz CT molecular complexity index is 772. The van der Waals surface area contributed by atoms with Crippen LogP contribution in [0.5, 0.6) is 0 Å². The summed E-state index contributed by atoms with van der Waals surface area (Å²) in [5.41, 5.74) is 1.59. The molecular weight excluding hydrogens is 265 g/mol. The second-order valence-electron chi connectivity index (χ2n) is 4.33. The van der Waals surface area contributed by atoms with Crippen molar-refractivity contribution in [3.63, 3.8) is 0 Å². The van der Waals surface area contributed by atoms with Gasteiger partial charge in [0.25, 0.3) is 6.43 Å². The van der Waals surface area contributed by atoms with E-state index in [-0.39, 0.29) is 11.4 Å². The molecule has 5 heteroatoms. The monoisotopic (exact) mass is 274 g/mol. The molecule has 3 aromatic rings. The molecule has 0 atom stereocenters. The fourth-order valence-electron chi connectivity index (χ4n) is 2.10. The molecule has 100 valence electrons. The van der Waals surface area contributed by atoms with E-state index in [2.05, 4.69) is 9.97 Å². The van der Waals surface area contributed by atoms with E-state index in [0.29, 0.717) is 22.0 Å². The van der Waals surface area contributed by atoms with Crippen molar-refractivity contribution in [1.29, 1.82) is 0 Å². The van der Waals surface area contributed by atoms with E-state index in [4.69, 9.17) is 0 Å². The molecule has 0 aliphatic carbocycles. The van der Waals surface area contributed by atoms with Crippen LogP contribution in [0.1, 0.15) is 12.0 Å². The van der Waals surface area contributed by atoms with E-state index in [1.165, 1.54) is 30.6 Å². The maximum Gasteiger partial charge on any atom is 0.265 e. The smallest absolute Gasteiger partial charge is 0.264 e. The number of benzene rings is 1. The van der Waals surface area contributed by atoms with E-state index in [9.17, 15) is 13.2 Å². The number of alkyl halides is 2. The van der Waals surface area contributed by atoms with E-state index in [1.54, 1.807) is 12.1 Å². The van der Waals surface area contributed by atoms with Crippen LogP contribution in [0.4, 0.5) is 13.2 Å². The van der Waals surface area contributed by atoms with Crippen LogP contribution in [0.15, 0.2) is 48.9 Å². The summed E-state index contributed by atoms with van der Waals surface area (Å²) < 4.78 is 38.6. The lowest BCUT2D eigenvalue weighted by Gasteiger charge is -2.07. The Morgan fingerprint density at radius 2 is 1.85 bits per heavy atom. The number of hydrogen-bond acceptors (Lipinski definition) is 2. The van der Waals surface area contributed by atoms with E-state index in [1.807, 2.05) is 0 Å². The number of fused-ring (bicyclic) bond motifs is 1. The lowest BCUT2D eigenvalue weighted by molar-refractivity contribution is 0.151. The Labute approximate surface area is 112 Å². The van der Waals surface area contributed by atoms with Crippen molar-refractivity contribution < 1.29 is 13.2 Å². The molecular formula is C15H9F3N2. The van der Waals surface area contributed by atoms with Crippen molar-refractivity contribution in [2.75, 3.05) is 0 Å². The first-order valence-corrected chi connectivity index (χ1v) is 5.93. The first-order chi connectivity index (χ1) is 9.65. The molecule has 0 unspecified atom stereocenters. The molecule has 0 radical (unpaired) electrons. The largest absolute Gasteiger partial charge is 0.265 e. The van der Waals surface area contributed by atoms with Crippen LogP contribution in [-0.4, -0.2) is 9.97 Å². The number of aromatic nitrogens is 2. The van der Waals surface area contributed by atoms with Gasteiger partial charge in [-0.15, -0.1) is 0 Å². The summed E-state index contributed by atoms with van der Waals surface area (Å²) in [5, 5.41) is 0.696. The molecule has 0 amide bonds. The van der Waals surface area contributed by atoms with Gasteiger partial charge in [-0.2, -0.15) is 0 Å². The summed E-state index contributed by atoms with van der Waals surface area (Å²) in [5.74, 6) is -0.387. The average molecular weight is 274 g/mol. The Hall–Kier alpha value is -2.43. The molecule has 0 bridgehead atoms. The molecule has 0 saturated carbocycles. The predicted molar refractivity (Wildman–Crippen MR) is 69.9 cm³/mol. The van der Waals surface area contributed by atoms with Crippen LogP contribution in [-0.2, 0) is 0 Å². The minimum atomic E-state index is -2.58. The van der Waals surface area contributed by atoms with Gasteiger partial charge < -0.3 is 0 Å². The highest BCUT2D eigenvalue weighted by atomic mass is 19.3. The highest BCUT2D eigenvalue weighted by Crippen LogP contribution is 2.29. The summed E-state index contributed by atoms with van der Waals surface area (Å²) in [6.07, 6.45) is 1.58. The van der Waals surface area contributed by atoms with E-state index < -0.39 is 6.43 Å². The van der Waals surface area contributed by atoms with Gasteiger partial charge >= 0.3 is 0 Å². The third kappa shape index (κ3) is 2.22. The Kier molecular flexibility index (Phi) is 3.10. The predicted octanol–water partition coefficient (Wildman–Crippen LogP) is 4.37. The first kappa shape index (κ1) is 12.6. The lowest BCUT2D eigenvalue weighted by atomic mass is 10.0. The van der Waals surface area contributed by atoms with Crippen LogP contribution in [0.25, 0.3) is 22.0 Å². The molecule has 0 aliphatic rings. The summed E-state index contributed by atoms with van der Waals surface area (Å²) in [6.45, 7) is 0. The van der Waals surface area contributed by atoms with Gasteiger partial charge in [0.2, 0.25) is 0 Å². The molecule has 0 fully saturated rings. The van der Waals surface area contributed by atoms with Gasteiger partial charge in [-0.3, -0.25) is 9.97 Å². The molecule has 2 aromatic heterocycles. The third-order valence-electron chi connectivity index (χ3n) is 3.03. The van der Waals surface area contributed by atoms with Gasteiger partial charge in [0.15, 0.2) is 0 Å². The normalized spacial score (nSPS) is 11.2. The number of hydrogen-bond donors (Lipinski definition) is 0. The molecule has 1 aromatic carbocycles. The average Bonchev–Trinajstić information content (AvgIpc) is 2.46. The zero-order valence-electron chi connectivity index (χ0n) is 10.2. The second kappa shape index (κ2) is 4.92. The molecule has 0 saturated heterocycles. The molecule has 3 rings (SSSR count). The number of rotatable bonds is 2. The zero-order chi connectivity index (χ0) is 14.1. The summed E-state index contributed by atoms with van der Waals surface area (Å²) in [6, 6.07) is 7.30. The van der Waals surface area contributed by atoms with Crippen molar-refractivity contribution in [2.24, 2.45) is 0 Å². The van der Waals surface area contributed by atoms with Gasteiger partial charge in [-0.1, -0.05) is 0 Å². The Morgan fingerprint density at radius 3 is 2.65 bits per heavy atom. The van der Waals surface area contributed by atoms with Gasteiger partial charge in [0.05, 0.1) is 5.52 Å². The molecule has 0 aliphatic heterocycles. The molecule has 0 spiro atoms. The van der Waals surface area contributed by atoms with Crippen molar-refractivity contribution >= 4 is 10.9 Å². The van der Waals surface area contributed by atoms with Gasteiger partial charge in [-0.25, -0.2) is 13.2 Å². The highest BCUT2D eigenvalue weighted by molar-refractivity contribution is 5.94. The SMILES string of the molecule is Fc1ccc2c(-c3cncc(C(F)F)c3)ccnc2c1. The van der Waals surface area contributed by atoms with Crippen LogP contribution >= 0.6 is 0 Å². The standard InChI is InChI=1S/C15H9F3N2/c16-11-1-2-13-12(3-4-20-14(13)6-11)9-5-10(15(17)18)8-19-7-9/h1-8,15H. The number of pyridine rings is 2. The highest BCUT2D eigenvalue weighted by Gasteiger charge is 2.11. The quantitative estimate of drug-likeness (QED) is 0.693. The number of halogens is 3. The lowest BCUT2D eigenvalue weighted by Crippen LogP contribution is -1.90. The number of nitrogens with zero attached hydrogens (tertiary/aromatic N) is 2. The summed E-state index contributed by atoms with van der Waals surface area (Å²) in [4.78, 5) is 7.91. The minimum absolute atomic E-state index is 0.144. The van der Waals surface area contributed by atoms with Crippen LogP contribution in [0, 0.1) is 5.82 Å². The molecule has 20 heavy (non-hydrogen) atoms. The fraction of sp³-hybridized carbons (Fsp3) is 0.0667. The Balaban J connectivity index is 2.21. The van der Waals surface area contributed by atoms with Gasteiger partial charge in [0.1, 0.15) is 5.82 Å². The fourth-order valence-corrected chi connectivity index (χ4v) is 2.10. The maximum absolute atomic E-state index is 13.2. The molecule has 2 heterocycles. The molecule has 2 nitrogen and oxygen atoms in total. The maximum atomic E-state index is 13.2. The van der Waals surface area contributed by atoms with Crippen molar-refractivity contribution in [3.8, 4) is 11.1 Å². The van der Waals surface area contributed by atoms with Gasteiger partial charge in [-0.05, 0) is 29.8 Å². The van der Waals surface area contributed by atoms with E-state index in [0.717, 1.165) is 6.20 Å². The second-order valence-corrected chi connectivity index (χ2v) is 4.33. The topological polar surface area (TPSA) is 25.8 Å². The first-order valence-electron chi connectivity index (χ1n) is 5.93. The third-order valence-corrected chi connectivity index (χ3v) is 3.03. The van der Waals surface area contributed by atoms with Crippen LogP contribution in [0.2, 0.25) is 0 Å². The van der Waals surface area contributed by atoms with Crippen molar-refractivity contribution in [3.05, 3.63) is 60.3 Å². The zero-order valence-corrected chi connectivity index (χ0v) is 10.2. The summed E-state index contributed by atoms with van der Waals surface area (Å²) >= 11 is 0. The van der Waals surface area contributed by atoms with E-state index >= 15 is 0 Å². The van der Waals surface area contributed by atoms with Crippen LogP contribution in [0.3, 0.4) is 0 Å². The Morgan fingerprint density at radius 1 is 1.00 bits per heavy atom.